The monoisotopic (exact) mass is 570 g/mol. The van der Waals surface area contributed by atoms with E-state index in [9.17, 15) is 35.5 Å². The van der Waals surface area contributed by atoms with Crippen LogP contribution in [0.15, 0.2) is 72.8 Å². The van der Waals surface area contributed by atoms with Crippen LogP contribution < -0.4 is 15.4 Å². The van der Waals surface area contributed by atoms with E-state index in [1.807, 2.05) is 0 Å². The molecule has 0 bridgehead atoms. The van der Waals surface area contributed by atoms with E-state index in [0.717, 1.165) is 24.3 Å². The number of carbonyl (C=O) groups excluding carboxylic acids is 1. The Kier molecular flexibility index (Phi) is 8.57. The van der Waals surface area contributed by atoms with Crippen molar-refractivity contribution in [3.8, 4) is 5.75 Å². The van der Waals surface area contributed by atoms with E-state index >= 15 is 0 Å². The Bertz CT molecular complexity index is 1300. The van der Waals surface area contributed by atoms with Crippen LogP contribution in [0, 0.1) is 17.6 Å². The fourth-order valence-corrected chi connectivity index (χ4v) is 4.69. The van der Waals surface area contributed by atoms with Crippen molar-refractivity contribution in [2.75, 3.05) is 0 Å². The molecule has 40 heavy (non-hydrogen) atoms. The molecule has 0 saturated heterocycles. The van der Waals surface area contributed by atoms with Crippen molar-refractivity contribution in [1.29, 1.82) is 0 Å². The van der Waals surface area contributed by atoms with E-state index in [2.05, 4.69) is 15.4 Å². The van der Waals surface area contributed by atoms with E-state index in [1.165, 1.54) is 12.1 Å². The lowest BCUT2D eigenvalue weighted by atomic mass is 9.77. The second-order valence-electron chi connectivity index (χ2n) is 9.61. The normalized spacial score (nSPS) is 19.3. The van der Waals surface area contributed by atoms with Crippen molar-refractivity contribution < 1.29 is 45.4 Å². The van der Waals surface area contributed by atoms with Gasteiger partial charge in [-0.3, -0.25) is 0 Å². The zero-order valence-electron chi connectivity index (χ0n) is 20.8. The maximum absolute atomic E-state index is 14.8. The zero-order valence-corrected chi connectivity index (χ0v) is 20.8. The van der Waals surface area contributed by atoms with Crippen LogP contribution in [0.25, 0.3) is 0 Å². The molecular weight excluding hydrogens is 545 g/mol. The Labute approximate surface area is 225 Å². The highest BCUT2D eigenvalue weighted by Crippen LogP contribution is 2.38. The molecule has 3 aromatic rings. The number of aliphatic hydroxyl groups is 1. The number of benzene rings is 3. The molecule has 2 amide bonds. The Balaban J connectivity index is 1.80. The summed E-state index contributed by atoms with van der Waals surface area (Å²) in [4.78, 5) is 13.2. The molecule has 4 rings (SSSR count). The number of hydrogen-bond donors (Lipinski definition) is 3. The van der Waals surface area contributed by atoms with E-state index < -0.39 is 59.8 Å². The second-order valence-corrected chi connectivity index (χ2v) is 9.61. The van der Waals surface area contributed by atoms with Crippen LogP contribution in [0.1, 0.15) is 29.5 Å². The molecule has 0 aliphatic heterocycles. The molecule has 1 fully saturated rings. The molecule has 0 heterocycles. The summed E-state index contributed by atoms with van der Waals surface area (Å²) in [6.45, 7) is 0. The molecule has 5 nitrogen and oxygen atoms in total. The Morgan fingerprint density at radius 2 is 1.57 bits per heavy atom. The quantitative estimate of drug-likeness (QED) is 0.260. The van der Waals surface area contributed by atoms with E-state index in [-0.39, 0.29) is 30.4 Å². The lowest BCUT2D eigenvalue weighted by molar-refractivity contribution is -0.253. The van der Waals surface area contributed by atoms with Crippen molar-refractivity contribution in [2.24, 2.45) is 5.92 Å². The van der Waals surface area contributed by atoms with Gasteiger partial charge in [-0.15, -0.1) is 0 Å². The summed E-state index contributed by atoms with van der Waals surface area (Å²) in [5.74, 6) is -3.35. The summed E-state index contributed by atoms with van der Waals surface area (Å²) in [6, 6.07) is 14.2. The van der Waals surface area contributed by atoms with E-state index in [0.29, 0.717) is 11.6 Å². The molecule has 0 unspecified atom stereocenters. The molecule has 2 atom stereocenters. The maximum Gasteiger partial charge on any atom is 0.461 e. The van der Waals surface area contributed by atoms with Crippen molar-refractivity contribution in [1.82, 2.24) is 10.6 Å². The van der Waals surface area contributed by atoms with Crippen LogP contribution in [0.2, 0.25) is 0 Å². The van der Waals surface area contributed by atoms with Crippen molar-refractivity contribution >= 4 is 6.03 Å². The second kappa shape index (κ2) is 11.7. The van der Waals surface area contributed by atoms with Gasteiger partial charge in [-0.2, -0.15) is 17.6 Å². The Morgan fingerprint density at radius 1 is 0.925 bits per heavy atom. The van der Waals surface area contributed by atoms with Gasteiger partial charge in [0.15, 0.2) is 6.36 Å². The molecule has 0 spiro atoms. The number of alkyl halides is 5. The highest BCUT2D eigenvalue weighted by atomic mass is 19.3. The molecule has 3 N–H and O–H groups in total. The molecule has 1 saturated carbocycles. The fraction of sp³-hybridized carbons (Fsp3) is 0.321. The molecule has 214 valence electrons. The fourth-order valence-electron chi connectivity index (χ4n) is 4.69. The lowest BCUT2D eigenvalue weighted by Crippen LogP contribution is -2.56. The summed E-state index contributed by atoms with van der Waals surface area (Å²) < 4.78 is 99.1. The highest BCUT2D eigenvalue weighted by molar-refractivity contribution is 5.76. The van der Waals surface area contributed by atoms with E-state index in [4.69, 9.17) is 5.11 Å². The van der Waals surface area contributed by atoms with Crippen molar-refractivity contribution in [3.05, 3.63) is 101 Å². The number of halogens is 7. The first-order chi connectivity index (χ1) is 18.9. The highest BCUT2D eigenvalue weighted by Gasteiger charge is 2.45. The lowest BCUT2D eigenvalue weighted by Gasteiger charge is -2.40. The van der Waals surface area contributed by atoms with Gasteiger partial charge in [0.05, 0.1) is 5.54 Å². The van der Waals surface area contributed by atoms with Gasteiger partial charge in [0, 0.05) is 24.4 Å². The van der Waals surface area contributed by atoms with Crippen molar-refractivity contribution in [3.63, 3.8) is 0 Å². The Morgan fingerprint density at radius 3 is 2.17 bits per heavy atom. The largest absolute Gasteiger partial charge is 0.461 e. The molecule has 3 aromatic carbocycles. The smallest absolute Gasteiger partial charge is 0.428 e. The third kappa shape index (κ3) is 6.67. The third-order valence-corrected chi connectivity index (χ3v) is 6.75. The molecule has 1 aliphatic carbocycles. The van der Waals surface area contributed by atoms with Gasteiger partial charge in [0.25, 0.3) is 0 Å². The van der Waals surface area contributed by atoms with Gasteiger partial charge in [-0.05, 0) is 53.8 Å². The number of ether oxygens (including phenoxy) is 1. The first-order valence-corrected chi connectivity index (χ1v) is 12.2. The van der Waals surface area contributed by atoms with Crippen LogP contribution in [-0.2, 0) is 12.0 Å². The summed E-state index contributed by atoms with van der Waals surface area (Å²) in [7, 11) is 0. The number of amides is 2. The minimum absolute atomic E-state index is 0.114. The topological polar surface area (TPSA) is 70.6 Å². The minimum atomic E-state index is -4.93. The van der Waals surface area contributed by atoms with Gasteiger partial charge in [-0.25, -0.2) is 18.0 Å². The van der Waals surface area contributed by atoms with E-state index in [1.54, 1.807) is 30.3 Å². The number of carbonyl (C=O) groups is 1. The molecule has 0 radical (unpaired) electrons. The number of urea groups is 1. The summed E-state index contributed by atoms with van der Waals surface area (Å²) in [5, 5.41) is 14.4. The number of aliphatic hydroxyl groups excluding tert-OH is 1. The van der Waals surface area contributed by atoms with Crippen LogP contribution in [-0.4, -0.2) is 36.1 Å². The molecule has 1 aliphatic rings. The van der Waals surface area contributed by atoms with Gasteiger partial charge in [0.1, 0.15) is 17.4 Å². The van der Waals surface area contributed by atoms with Gasteiger partial charge < -0.3 is 20.5 Å². The van der Waals surface area contributed by atoms with Crippen LogP contribution >= 0.6 is 0 Å². The summed E-state index contributed by atoms with van der Waals surface area (Å²) >= 11 is 0. The first-order valence-electron chi connectivity index (χ1n) is 12.2. The number of nitrogens with one attached hydrogen (secondary N) is 2. The average Bonchev–Trinajstić information content (AvgIpc) is 2.85. The standard InChI is InChI=1S/C28H25F7N2O3/c29-20-8-6-18(7-9-20)27(15-16-4-2-1-3-5-16,37-26(39)36-22-10-17(11-22)24(31)38)19-12-21(30)14-23(13-19)40-28(34,35)25(32)33/h1-9,12-14,17,22,24-25,38H,10-11,15H2,(H2,36,37,39)/t17-,22-,24-,27-/m1/s1. The average molecular weight is 571 g/mol. The minimum Gasteiger partial charge on any atom is -0.428 e. The summed E-state index contributed by atoms with van der Waals surface area (Å²) in [6.07, 6.45) is -11.0. The van der Waals surface area contributed by atoms with Gasteiger partial charge in [0.2, 0.25) is 0 Å². The molecule has 0 aromatic heterocycles. The first kappa shape index (κ1) is 29.2. The van der Waals surface area contributed by atoms with Crippen LogP contribution in [0.5, 0.6) is 5.75 Å². The molecule has 12 heteroatoms. The predicted molar refractivity (Wildman–Crippen MR) is 131 cm³/mol. The van der Waals surface area contributed by atoms with Crippen LogP contribution in [0.3, 0.4) is 0 Å². The van der Waals surface area contributed by atoms with Gasteiger partial charge in [-0.1, -0.05) is 42.5 Å². The number of hydrogen-bond acceptors (Lipinski definition) is 3. The molecular formula is C28H25F7N2O3. The summed E-state index contributed by atoms with van der Waals surface area (Å²) in [5.41, 5.74) is -1.14. The number of rotatable bonds is 10. The maximum atomic E-state index is 14.8. The Hall–Kier alpha value is -3.80. The predicted octanol–water partition coefficient (Wildman–Crippen LogP) is 6.05. The SMILES string of the molecule is O=C(N[C@](Cc1ccccc1)(c1ccc(F)cc1)c1cc(F)cc(OC(F)(F)C(F)F)c1)N[C@H]1C[C@H]([C@@H](O)F)C1. The van der Waals surface area contributed by atoms with Crippen LogP contribution in [0.4, 0.5) is 35.5 Å². The van der Waals surface area contributed by atoms with Gasteiger partial charge >= 0.3 is 18.6 Å². The third-order valence-electron chi connectivity index (χ3n) is 6.75. The zero-order chi connectivity index (χ0) is 29.1. The van der Waals surface area contributed by atoms with Crippen molar-refractivity contribution in [2.45, 2.75) is 49.7 Å².